The van der Waals surface area contributed by atoms with Gasteiger partial charge in [-0.3, -0.25) is 18.9 Å². The summed E-state index contributed by atoms with van der Waals surface area (Å²) in [4.78, 5) is 37.7. The van der Waals surface area contributed by atoms with Gasteiger partial charge in [0.05, 0.1) is 11.3 Å². The van der Waals surface area contributed by atoms with Gasteiger partial charge >= 0.3 is 0 Å². The highest BCUT2D eigenvalue weighted by molar-refractivity contribution is 7.87. The molecular formula is C18H15NO6S. The molecule has 0 saturated carbocycles. The van der Waals surface area contributed by atoms with Gasteiger partial charge in [0.2, 0.25) is 5.91 Å². The molecule has 1 amide bonds. The van der Waals surface area contributed by atoms with E-state index in [1.165, 1.54) is 31.2 Å². The van der Waals surface area contributed by atoms with E-state index in [-0.39, 0.29) is 40.1 Å². The minimum Gasteiger partial charge on any atom is -0.324 e. The van der Waals surface area contributed by atoms with Crippen molar-refractivity contribution < 1.29 is 27.4 Å². The average molecular weight is 373 g/mol. The van der Waals surface area contributed by atoms with Gasteiger partial charge in [0, 0.05) is 16.7 Å². The molecule has 3 rings (SSSR count). The molecule has 0 saturated heterocycles. The van der Waals surface area contributed by atoms with Gasteiger partial charge in [0.15, 0.2) is 16.8 Å². The molecule has 8 heteroatoms. The van der Waals surface area contributed by atoms with Crippen molar-refractivity contribution in [1.29, 1.82) is 0 Å². The van der Waals surface area contributed by atoms with Crippen LogP contribution in [-0.2, 0) is 14.9 Å². The molecule has 0 heterocycles. The first kappa shape index (κ1) is 18.0. The molecule has 2 aromatic carbocycles. The van der Waals surface area contributed by atoms with E-state index < -0.39 is 27.1 Å². The molecule has 26 heavy (non-hydrogen) atoms. The molecule has 2 aromatic rings. The highest BCUT2D eigenvalue weighted by Crippen LogP contribution is 2.32. The maximum absolute atomic E-state index is 12.8. The second-order valence-corrected chi connectivity index (χ2v) is 7.43. The van der Waals surface area contributed by atoms with Crippen molar-refractivity contribution in [3.8, 4) is 0 Å². The van der Waals surface area contributed by atoms with Crippen LogP contribution in [0.25, 0.3) is 0 Å². The van der Waals surface area contributed by atoms with Crippen molar-refractivity contribution >= 4 is 33.3 Å². The predicted molar refractivity (Wildman–Crippen MR) is 94.0 cm³/mol. The van der Waals surface area contributed by atoms with Gasteiger partial charge < -0.3 is 5.32 Å². The van der Waals surface area contributed by atoms with Crippen molar-refractivity contribution in [1.82, 2.24) is 0 Å². The number of anilines is 1. The fourth-order valence-electron chi connectivity index (χ4n) is 2.99. The Hall–Kier alpha value is -2.84. The van der Waals surface area contributed by atoms with Crippen molar-refractivity contribution in [2.24, 2.45) is 0 Å². The Morgan fingerprint density at radius 1 is 1.00 bits per heavy atom. The molecule has 2 N–H and O–H groups in total. The van der Waals surface area contributed by atoms with Crippen LogP contribution in [0, 0.1) is 0 Å². The van der Waals surface area contributed by atoms with Gasteiger partial charge in [-0.1, -0.05) is 43.3 Å². The van der Waals surface area contributed by atoms with Crippen LogP contribution in [0.3, 0.4) is 0 Å². The Labute approximate surface area is 149 Å². The summed E-state index contributed by atoms with van der Waals surface area (Å²) in [6.07, 6.45) is -0.143. The molecule has 1 unspecified atom stereocenters. The van der Waals surface area contributed by atoms with Crippen molar-refractivity contribution in [3.05, 3.63) is 64.7 Å². The molecule has 0 aromatic heterocycles. The number of carbonyl (C=O) groups is 3. The molecule has 1 aliphatic rings. The van der Waals surface area contributed by atoms with Crippen LogP contribution in [0.2, 0.25) is 0 Å². The first-order valence-electron chi connectivity index (χ1n) is 7.84. The van der Waals surface area contributed by atoms with E-state index >= 15 is 0 Å². The van der Waals surface area contributed by atoms with Gasteiger partial charge in [0.25, 0.3) is 10.1 Å². The molecule has 0 bridgehead atoms. The number of fused-ring (bicyclic) bond motifs is 2. The third-order valence-corrected chi connectivity index (χ3v) is 5.50. The molecule has 1 atom stereocenters. The minimum absolute atomic E-state index is 0.00902. The Morgan fingerprint density at radius 2 is 1.58 bits per heavy atom. The van der Waals surface area contributed by atoms with E-state index in [1.54, 1.807) is 18.2 Å². The van der Waals surface area contributed by atoms with E-state index in [9.17, 15) is 27.4 Å². The molecule has 7 nitrogen and oxygen atoms in total. The molecular weight excluding hydrogens is 358 g/mol. The Bertz CT molecular complexity index is 1040. The van der Waals surface area contributed by atoms with Gasteiger partial charge in [-0.15, -0.1) is 0 Å². The lowest BCUT2D eigenvalue weighted by atomic mass is 9.83. The van der Waals surface area contributed by atoms with Crippen molar-refractivity contribution in [3.63, 3.8) is 0 Å². The SMILES string of the molecule is CCC(C(=O)Nc1cccc2c1C(=O)c1ccccc1C2=O)S(=O)(=O)O. The summed E-state index contributed by atoms with van der Waals surface area (Å²) in [7, 11) is -4.59. The zero-order chi connectivity index (χ0) is 19.1. The van der Waals surface area contributed by atoms with Crippen LogP contribution in [0.5, 0.6) is 0 Å². The van der Waals surface area contributed by atoms with Gasteiger partial charge in [0.1, 0.15) is 0 Å². The quantitative estimate of drug-likeness (QED) is 0.676. The topological polar surface area (TPSA) is 118 Å². The average Bonchev–Trinajstić information content (AvgIpc) is 2.59. The number of amides is 1. The minimum atomic E-state index is -4.59. The molecule has 0 fully saturated rings. The van der Waals surface area contributed by atoms with Gasteiger partial charge in [-0.25, -0.2) is 0 Å². The molecule has 0 radical (unpaired) electrons. The Kier molecular flexibility index (Phi) is 4.47. The summed E-state index contributed by atoms with van der Waals surface area (Å²) in [5.41, 5.74) is 0.662. The summed E-state index contributed by atoms with van der Waals surface area (Å²) in [5, 5.41) is 0.692. The van der Waals surface area contributed by atoms with Crippen LogP contribution in [0.1, 0.15) is 45.2 Å². The zero-order valence-electron chi connectivity index (χ0n) is 13.7. The smallest absolute Gasteiger partial charge is 0.276 e. The normalized spacial score (nSPS) is 14.4. The second kappa shape index (κ2) is 6.47. The maximum Gasteiger partial charge on any atom is 0.276 e. The Morgan fingerprint density at radius 3 is 2.15 bits per heavy atom. The van der Waals surface area contributed by atoms with Crippen LogP contribution in [0.15, 0.2) is 42.5 Å². The van der Waals surface area contributed by atoms with E-state index in [0.29, 0.717) is 0 Å². The molecule has 0 spiro atoms. The zero-order valence-corrected chi connectivity index (χ0v) is 14.5. The van der Waals surface area contributed by atoms with Gasteiger partial charge in [-0.05, 0) is 12.5 Å². The number of hydrogen-bond donors (Lipinski definition) is 2. The first-order chi connectivity index (χ1) is 12.3. The van der Waals surface area contributed by atoms with E-state index in [1.807, 2.05) is 0 Å². The number of hydrogen-bond acceptors (Lipinski definition) is 5. The largest absolute Gasteiger partial charge is 0.324 e. The lowest BCUT2D eigenvalue weighted by Gasteiger charge is -2.21. The number of benzene rings is 2. The monoisotopic (exact) mass is 373 g/mol. The number of nitrogens with one attached hydrogen (secondary N) is 1. The molecule has 1 aliphatic carbocycles. The number of carbonyl (C=O) groups excluding carboxylic acids is 3. The predicted octanol–water partition coefficient (Wildman–Crippen LogP) is 2.07. The first-order valence-corrected chi connectivity index (χ1v) is 9.34. The fourth-order valence-corrected chi connectivity index (χ4v) is 3.74. The highest BCUT2D eigenvalue weighted by Gasteiger charge is 2.34. The van der Waals surface area contributed by atoms with Crippen LogP contribution in [0.4, 0.5) is 5.69 Å². The molecule has 0 aliphatic heterocycles. The van der Waals surface area contributed by atoms with Crippen molar-refractivity contribution in [2.45, 2.75) is 18.6 Å². The lowest BCUT2D eigenvalue weighted by Crippen LogP contribution is -2.35. The standard InChI is InChI=1S/C18H15NO6S/c1-2-14(26(23,24)25)18(22)19-13-9-5-8-12-15(13)17(21)11-7-4-3-6-10(11)16(12)20/h3-9,14H,2H2,1H3,(H,19,22)(H,23,24,25). The summed E-state index contributed by atoms with van der Waals surface area (Å²) >= 11 is 0. The fraction of sp³-hybridized carbons (Fsp3) is 0.167. The molecule has 134 valence electrons. The van der Waals surface area contributed by atoms with E-state index in [2.05, 4.69) is 5.32 Å². The van der Waals surface area contributed by atoms with E-state index in [4.69, 9.17) is 0 Å². The third kappa shape index (κ3) is 2.93. The Balaban J connectivity index is 2.06. The summed E-state index contributed by atoms with van der Waals surface area (Å²) in [6.45, 7) is 1.43. The maximum atomic E-state index is 12.8. The third-order valence-electron chi connectivity index (χ3n) is 4.23. The number of rotatable bonds is 4. The number of ketones is 2. The van der Waals surface area contributed by atoms with Gasteiger partial charge in [-0.2, -0.15) is 8.42 Å². The highest BCUT2D eigenvalue weighted by atomic mass is 32.2. The summed E-state index contributed by atoms with van der Waals surface area (Å²) in [6, 6.07) is 10.7. The van der Waals surface area contributed by atoms with Crippen molar-refractivity contribution in [2.75, 3.05) is 5.32 Å². The van der Waals surface area contributed by atoms with E-state index in [0.717, 1.165) is 0 Å². The second-order valence-electron chi connectivity index (χ2n) is 5.83. The lowest BCUT2D eigenvalue weighted by molar-refractivity contribution is -0.116. The summed E-state index contributed by atoms with van der Waals surface area (Å²) in [5.74, 6) is -1.76. The van der Waals surface area contributed by atoms with Crippen LogP contribution >= 0.6 is 0 Å². The van der Waals surface area contributed by atoms with Crippen LogP contribution < -0.4 is 5.32 Å². The summed E-state index contributed by atoms with van der Waals surface area (Å²) < 4.78 is 31.9. The van der Waals surface area contributed by atoms with Crippen LogP contribution in [-0.4, -0.2) is 35.7 Å².